The molecule has 1 atom stereocenters. The van der Waals surface area contributed by atoms with Gasteiger partial charge < -0.3 is 0 Å². The number of alkyl halides is 1. The summed E-state index contributed by atoms with van der Waals surface area (Å²) < 4.78 is 0. The lowest BCUT2D eigenvalue weighted by molar-refractivity contribution is 0.879. The van der Waals surface area contributed by atoms with Crippen molar-refractivity contribution < 1.29 is 0 Å². The van der Waals surface area contributed by atoms with Crippen LogP contribution in [-0.4, -0.2) is 0 Å². The maximum absolute atomic E-state index is 7.29. The van der Waals surface area contributed by atoms with Crippen molar-refractivity contribution in [3.63, 3.8) is 0 Å². The Morgan fingerprint density at radius 2 is 1.36 bits per heavy atom. The first kappa shape index (κ1) is 17.8. The molecule has 0 fully saturated rings. The summed E-state index contributed by atoms with van der Waals surface area (Å²) in [6.45, 7) is 4.15. The zero-order chi connectivity index (χ0) is 17.9. The first-order chi connectivity index (χ1) is 12.1. The van der Waals surface area contributed by atoms with E-state index in [4.69, 9.17) is 23.2 Å². The van der Waals surface area contributed by atoms with Gasteiger partial charge in [-0.2, -0.15) is 0 Å². The van der Waals surface area contributed by atoms with Crippen molar-refractivity contribution in [2.24, 2.45) is 0 Å². The Morgan fingerprint density at radius 1 is 0.800 bits per heavy atom. The summed E-state index contributed by atoms with van der Waals surface area (Å²) in [7, 11) is 0. The van der Waals surface area contributed by atoms with E-state index in [1.165, 1.54) is 11.1 Å². The Balaban J connectivity index is 2.21. The number of benzene rings is 3. The molecule has 1 unspecified atom stereocenters. The highest BCUT2D eigenvalue weighted by Gasteiger charge is 2.35. The van der Waals surface area contributed by atoms with Crippen molar-refractivity contribution in [3.05, 3.63) is 112 Å². The molecule has 3 aromatic rings. The maximum atomic E-state index is 7.29. The standard InChI is InChI=1S/C23H20Cl2/c1-3-17(2)18-13-15-20(16-14-18)23(25,19-9-5-4-6-10-19)21-11-7-8-12-22(21)24/h3-16H,1-2H3/b17-3+. The van der Waals surface area contributed by atoms with E-state index in [2.05, 4.69) is 37.3 Å². The lowest BCUT2D eigenvalue weighted by atomic mass is 9.83. The quantitative estimate of drug-likeness (QED) is 0.335. The van der Waals surface area contributed by atoms with Gasteiger partial charge in [0.2, 0.25) is 0 Å². The van der Waals surface area contributed by atoms with Gasteiger partial charge in [0.05, 0.1) is 0 Å². The fraction of sp³-hybridized carbons (Fsp3) is 0.130. The van der Waals surface area contributed by atoms with Crippen LogP contribution in [0.5, 0.6) is 0 Å². The van der Waals surface area contributed by atoms with Gasteiger partial charge in [0.1, 0.15) is 4.87 Å². The van der Waals surface area contributed by atoms with E-state index >= 15 is 0 Å². The van der Waals surface area contributed by atoms with Crippen LogP contribution in [0.4, 0.5) is 0 Å². The minimum Gasteiger partial charge on any atom is -0.103 e. The number of rotatable bonds is 4. The second-order valence-electron chi connectivity index (χ2n) is 6.05. The Kier molecular flexibility index (Phi) is 5.32. The smallest absolute Gasteiger partial charge is 0.103 e. The summed E-state index contributed by atoms with van der Waals surface area (Å²) in [5.41, 5.74) is 5.32. The average Bonchev–Trinajstić information content (AvgIpc) is 2.68. The normalized spacial score (nSPS) is 14.2. The fourth-order valence-corrected chi connectivity index (χ4v) is 3.76. The molecule has 2 heteroatoms. The molecule has 0 bridgehead atoms. The van der Waals surface area contributed by atoms with Crippen LogP contribution in [-0.2, 0) is 4.87 Å². The van der Waals surface area contributed by atoms with Gasteiger partial charge in [-0.25, -0.2) is 0 Å². The summed E-state index contributed by atoms with van der Waals surface area (Å²) in [6.07, 6.45) is 2.11. The SMILES string of the molecule is C/C=C(\C)c1ccc(C(Cl)(c2ccccc2)c2ccccc2Cl)cc1. The molecule has 0 nitrogen and oxygen atoms in total. The van der Waals surface area contributed by atoms with Gasteiger partial charge in [-0.15, -0.1) is 11.6 Å². The Morgan fingerprint density at radius 3 is 1.96 bits per heavy atom. The van der Waals surface area contributed by atoms with Crippen LogP contribution in [0.25, 0.3) is 5.57 Å². The van der Waals surface area contributed by atoms with Crippen LogP contribution in [0.1, 0.15) is 36.1 Å². The van der Waals surface area contributed by atoms with E-state index in [-0.39, 0.29) is 0 Å². The maximum Gasteiger partial charge on any atom is 0.121 e. The zero-order valence-electron chi connectivity index (χ0n) is 14.3. The molecule has 0 aliphatic heterocycles. The third-order valence-corrected chi connectivity index (χ3v) is 5.56. The zero-order valence-corrected chi connectivity index (χ0v) is 15.9. The molecule has 0 saturated heterocycles. The lowest BCUT2D eigenvalue weighted by Gasteiger charge is -2.30. The Hall–Kier alpha value is -2.02. The predicted octanol–water partition coefficient (Wildman–Crippen LogP) is 7.29. The van der Waals surface area contributed by atoms with Crippen molar-refractivity contribution in [2.75, 3.05) is 0 Å². The summed E-state index contributed by atoms with van der Waals surface area (Å²) in [4.78, 5) is -0.831. The van der Waals surface area contributed by atoms with E-state index in [0.717, 1.165) is 16.7 Å². The second kappa shape index (κ2) is 7.47. The van der Waals surface area contributed by atoms with Crippen LogP contribution in [0.15, 0.2) is 84.9 Å². The van der Waals surface area contributed by atoms with E-state index in [9.17, 15) is 0 Å². The number of hydrogen-bond donors (Lipinski definition) is 0. The molecule has 0 saturated carbocycles. The van der Waals surface area contributed by atoms with Gasteiger partial charge in [-0.05, 0) is 42.2 Å². The molecule has 0 aromatic heterocycles. The van der Waals surface area contributed by atoms with Crippen molar-refractivity contribution in [2.45, 2.75) is 18.7 Å². The number of hydrogen-bond acceptors (Lipinski definition) is 0. The van der Waals surface area contributed by atoms with Crippen molar-refractivity contribution >= 4 is 28.8 Å². The highest BCUT2D eigenvalue weighted by molar-refractivity contribution is 6.34. The van der Waals surface area contributed by atoms with E-state index in [1.807, 2.05) is 61.5 Å². The van der Waals surface area contributed by atoms with Crippen LogP contribution >= 0.6 is 23.2 Å². The molecule has 0 radical (unpaired) electrons. The summed E-state index contributed by atoms with van der Waals surface area (Å²) >= 11 is 13.8. The number of allylic oxidation sites excluding steroid dienone is 2. The van der Waals surface area contributed by atoms with Crippen LogP contribution in [0.2, 0.25) is 5.02 Å². The molecule has 0 N–H and O–H groups in total. The predicted molar refractivity (Wildman–Crippen MR) is 109 cm³/mol. The van der Waals surface area contributed by atoms with Crippen molar-refractivity contribution in [3.8, 4) is 0 Å². The summed E-state index contributed by atoms with van der Waals surface area (Å²) in [5.74, 6) is 0. The van der Waals surface area contributed by atoms with Gasteiger partial charge in [0.25, 0.3) is 0 Å². The molecular weight excluding hydrogens is 347 g/mol. The van der Waals surface area contributed by atoms with Gasteiger partial charge in [0, 0.05) is 10.6 Å². The number of halogens is 2. The lowest BCUT2D eigenvalue weighted by Crippen LogP contribution is -2.22. The van der Waals surface area contributed by atoms with Crippen molar-refractivity contribution in [1.29, 1.82) is 0 Å². The first-order valence-electron chi connectivity index (χ1n) is 8.30. The van der Waals surface area contributed by atoms with Gasteiger partial charge >= 0.3 is 0 Å². The largest absolute Gasteiger partial charge is 0.121 e. The Labute approximate surface area is 159 Å². The molecule has 126 valence electrons. The fourth-order valence-electron chi connectivity index (χ4n) is 3.02. The second-order valence-corrected chi connectivity index (χ2v) is 7.03. The molecule has 0 amide bonds. The summed E-state index contributed by atoms with van der Waals surface area (Å²) in [6, 6.07) is 26.3. The van der Waals surface area contributed by atoms with Crippen LogP contribution in [0.3, 0.4) is 0 Å². The van der Waals surface area contributed by atoms with Crippen LogP contribution < -0.4 is 0 Å². The molecule has 0 aliphatic carbocycles. The molecule has 0 spiro atoms. The molecule has 3 aromatic carbocycles. The molecule has 0 aliphatic rings. The van der Waals surface area contributed by atoms with E-state index in [1.54, 1.807) is 0 Å². The molecule has 3 rings (SSSR count). The molecule has 25 heavy (non-hydrogen) atoms. The molecule has 0 heterocycles. The highest BCUT2D eigenvalue weighted by atomic mass is 35.5. The third kappa shape index (κ3) is 3.38. The molecular formula is C23H20Cl2. The van der Waals surface area contributed by atoms with Gasteiger partial charge in [-0.1, -0.05) is 90.5 Å². The summed E-state index contributed by atoms with van der Waals surface area (Å²) in [5, 5.41) is 0.662. The monoisotopic (exact) mass is 366 g/mol. The van der Waals surface area contributed by atoms with Crippen molar-refractivity contribution in [1.82, 2.24) is 0 Å². The topological polar surface area (TPSA) is 0 Å². The minimum atomic E-state index is -0.831. The minimum absolute atomic E-state index is 0.662. The highest BCUT2D eigenvalue weighted by Crippen LogP contribution is 2.45. The Bertz CT molecular complexity index is 879. The van der Waals surface area contributed by atoms with Gasteiger partial charge in [-0.3, -0.25) is 0 Å². The average molecular weight is 367 g/mol. The van der Waals surface area contributed by atoms with E-state index in [0.29, 0.717) is 5.02 Å². The van der Waals surface area contributed by atoms with E-state index < -0.39 is 4.87 Å². The third-order valence-electron chi connectivity index (χ3n) is 4.59. The van der Waals surface area contributed by atoms with Crippen LogP contribution in [0, 0.1) is 0 Å². The first-order valence-corrected chi connectivity index (χ1v) is 9.06. The van der Waals surface area contributed by atoms with Gasteiger partial charge in [0.15, 0.2) is 0 Å².